The zero-order chi connectivity index (χ0) is 18.9. The molecule has 0 radical (unpaired) electrons. The molecule has 2 unspecified atom stereocenters. The normalized spacial score (nSPS) is 23.0. The molecule has 2 N–H and O–H groups in total. The topological polar surface area (TPSA) is 44.4 Å². The summed E-state index contributed by atoms with van der Waals surface area (Å²) in [7, 11) is 0. The Morgan fingerprint density at radius 2 is 2.15 bits per heavy atom. The number of fused-ring (bicyclic) bond motifs is 1. The molecule has 2 aliphatic heterocycles. The number of carbonyl (C=O) groups excluding carboxylic acids is 1. The van der Waals surface area contributed by atoms with Gasteiger partial charge in [0.2, 0.25) is 5.91 Å². The van der Waals surface area contributed by atoms with E-state index in [9.17, 15) is 13.6 Å². The van der Waals surface area contributed by atoms with E-state index in [1.807, 2.05) is 18.2 Å². The van der Waals surface area contributed by atoms with Crippen molar-refractivity contribution in [2.45, 2.75) is 37.4 Å². The molecule has 1 aromatic carbocycles. The molecular weight excluding hydrogens is 368 g/mol. The fourth-order valence-electron chi connectivity index (χ4n) is 3.89. The molecule has 0 aliphatic carbocycles. The van der Waals surface area contributed by atoms with Crippen molar-refractivity contribution in [1.82, 2.24) is 15.5 Å². The van der Waals surface area contributed by atoms with Crippen LogP contribution < -0.4 is 10.6 Å². The molecule has 0 spiro atoms. The monoisotopic (exact) mass is 391 g/mol. The molecule has 1 amide bonds. The lowest BCUT2D eigenvalue weighted by atomic mass is 10.0. The first-order valence-corrected chi connectivity index (χ1v) is 10.1. The summed E-state index contributed by atoms with van der Waals surface area (Å²) < 4.78 is 26.7. The first-order chi connectivity index (χ1) is 13.0. The average molecular weight is 391 g/mol. The molecule has 1 saturated heterocycles. The molecule has 4 rings (SSSR count). The SMILES string of the molecule is O=C(NCC(c1ccccc1)N1CCc2sccc2C1)C1CC(F)(F)CN1. The number of nitrogens with zero attached hydrogens (tertiary/aromatic N) is 1. The van der Waals surface area contributed by atoms with Gasteiger partial charge in [-0.3, -0.25) is 15.0 Å². The van der Waals surface area contributed by atoms with Crippen LogP contribution in [0, 0.1) is 0 Å². The van der Waals surface area contributed by atoms with Crippen LogP contribution in [0.1, 0.15) is 28.5 Å². The minimum Gasteiger partial charge on any atom is -0.353 e. The summed E-state index contributed by atoms with van der Waals surface area (Å²) >= 11 is 1.79. The van der Waals surface area contributed by atoms with E-state index in [0.717, 1.165) is 25.1 Å². The average Bonchev–Trinajstić information content (AvgIpc) is 3.28. The number of amides is 1. The third kappa shape index (κ3) is 4.20. The number of rotatable bonds is 5. The summed E-state index contributed by atoms with van der Waals surface area (Å²) in [6.45, 7) is 1.74. The zero-order valence-electron chi connectivity index (χ0n) is 15.0. The number of halogens is 2. The maximum atomic E-state index is 13.4. The maximum absolute atomic E-state index is 13.4. The molecule has 2 aliphatic rings. The number of hydrogen-bond donors (Lipinski definition) is 2. The highest BCUT2D eigenvalue weighted by Gasteiger charge is 2.42. The van der Waals surface area contributed by atoms with Crippen molar-refractivity contribution in [2.24, 2.45) is 0 Å². The Kier molecular flexibility index (Phi) is 5.25. The van der Waals surface area contributed by atoms with Gasteiger partial charge < -0.3 is 5.32 Å². The van der Waals surface area contributed by atoms with Crippen molar-refractivity contribution in [3.05, 3.63) is 57.8 Å². The number of carbonyl (C=O) groups is 1. The molecule has 27 heavy (non-hydrogen) atoms. The van der Waals surface area contributed by atoms with Gasteiger partial charge in [0, 0.05) is 30.9 Å². The summed E-state index contributed by atoms with van der Waals surface area (Å²) in [5, 5.41) is 7.65. The second kappa shape index (κ2) is 7.66. The smallest absolute Gasteiger partial charge is 0.262 e. The van der Waals surface area contributed by atoms with E-state index in [1.165, 1.54) is 10.4 Å². The van der Waals surface area contributed by atoms with Crippen molar-refractivity contribution in [3.63, 3.8) is 0 Å². The largest absolute Gasteiger partial charge is 0.353 e. The summed E-state index contributed by atoms with van der Waals surface area (Å²) in [4.78, 5) is 16.2. The Labute approximate surface area is 161 Å². The fourth-order valence-corrected chi connectivity index (χ4v) is 4.78. The Bertz CT molecular complexity index is 796. The van der Waals surface area contributed by atoms with Crippen molar-refractivity contribution in [2.75, 3.05) is 19.6 Å². The lowest BCUT2D eigenvalue weighted by Gasteiger charge is -2.35. The quantitative estimate of drug-likeness (QED) is 0.824. The van der Waals surface area contributed by atoms with Crippen molar-refractivity contribution < 1.29 is 13.6 Å². The number of hydrogen-bond acceptors (Lipinski definition) is 4. The van der Waals surface area contributed by atoms with Gasteiger partial charge in [-0.15, -0.1) is 11.3 Å². The van der Waals surface area contributed by atoms with Gasteiger partial charge >= 0.3 is 0 Å². The van der Waals surface area contributed by atoms with Crippen LogP contribution in [0.25, 0.3) is 0 Å². The van der Waals surface area contributed by atoms with Crippen molar-refractivity contribution in [1.29, 1.82) is 0 Å². The predicted molar refractivity (Wildman–Crippen MR) is 102 cm³/mol. The highest BCUT2D eigenvalue weighted by Crippen LogP contribution is 2.30. The van der Waals surface area contributed by atoms with Gasteiger partial charge in [0.1, 0.15) is 0 Å². The van der Waals surface area contributed by atoms with Gasteiger partial charge in [0.15, 0.2) is 0 Å². The van der Waals surface area contributed by atoms with E-state index < -0.39 is 24.9 Å². The van der Waals surface area contributed by atoms with E-state index in [0.29, 0.717) is 6.54 Å². The van der Waals surface area contributed by atoms with Crippen molar-refractivity contribution in [3.8, 4) is 0 Å². The lowest BCUT2D eigenvalue weighted by Crippen LogP contribution is -2.45. The van der Waals surface area contributed by atoms with Crippen molar-refractivity contribution >= 4 is 17.2 Å². The summed E-state index contributed by atoms with van der Waals surface area (Å²) in [5.74, 6) is -3.15. The molecule has 1 fully saturated rings. The standard InChI is InChI=1S/C20H23F2N3OS/c21-20(22)10-16(24-13-20)19(26)23-11-17(14-4-2-1-3-5-14)25-8-6-18-15(12-25)7-9-27-18/h1-5,7,9,16-17,24H,6,8,10-13H2,(H,23,26). The second-order valence-corrected chi connectivity index (χ2v) is 8.26. The molecule has 0 saturated carbocycles. The molecular formula is C20H23F2N3OS. The molecule has 4 nitrogen and oxygen atoms in total. The minimum absolute atomic E-state index is 0.0186. The van der Waals surface area contributed by atoms with Crippen LogP contribution in [0.2, 0.25) is 0 Å². The third-order valence-electron chi connectivity index (χ3n) is 5.36. The number of alkyl halides is 2. The third-order valence-corrected chi connectivity index (χ3v) is 6.38. The molecule has 3 heterocycles. The maximum Gasteiger partial charge on any atom is 0.262 e. The van der Waals surface area contributed by atoms with Gasteiger partial charge in [0.25, 0.3) is 5.92 Å². The van der Waals surface area contributed by atoms with Crippen LogP contribution in [0.3, 0.4) is 0 Å². The number of nitrogens with one attached hydrogen (secondary N) is 2. The number of benzene rings is 1. The summed E-state index contributed by atoms with van der Waals surface area (Å²) in [5.41, 5.74) is 2.47. The van der Waals surface area contributed by atoms with Crippen LogP contribution in [-0.4, -0.2) is 42.4 Å². The first-order valence-electron chi connectivity index (χ1n) is 9.25. The Morgan fingerprint density at radius 3 is 2.89 bits per heavy atom. The van der Waals surface area contributed by atoms with E-state index in [2.05, 4.69) is 39.1 Å². The Morgan fingerprint density at radius 1 is 1.33 bits per heavy atom. The van der Waals surface area contributed by atoms with E-state index in [4.69, 9.17) is 0 Å². The van der Waals surface area contributed by atoms with Crippen LogP contribution in [0.5, 0.6) is 0 Å². The fraction of sp³-hybridized carbons (Fsp3) is 0.450. The van der Waals surface area contributed by atoms with E-state index in [1.54, 1.807) is 11.3 Å². The van der Waals surface area contributed by atoms with Gasteiger partial charge in [-0.1, -0.05) is 30.3 Å². The first kappa shape index (κ1) is 18.5. The molecule has 2 aromatic rings. The Hall–Kier alpha value is -1.83. The molecule has 144 valence electrons. The number of thiophene rings is 1. The zero-order valence-corrected chi connectivity index (χ0v) is 15.8. The van der Waals surface area contributed by atoms with Crippen LogP contribution in [0.4, 0.5) is 8.78 Å². The predicted octanol–water partition coefficient (Wildman–Crippen LogP) is 2.96. The van der Waals surface area contributed by atoms with Gasteiger partial charge in [0.05, 0.1) is 18.6 Å². The molecule has 2 atom stereocenters. The molecule has 0 bridgehead atoms. The molecule has 7 heteroatoms. The minimum atomic E-state index is -2.80. The molecule has 1 aromatic heterocycles. The van der Waals surface area contributed by atoms with E-state index in [-0.39, 0.29) is 11.9 Å². The highest BCUT2D eigenvalue weighted by molar-refractivity contribution is 7.10. The Balaban J connectivity index is 1.46. The van der Waals surface area contributed by atoms with Gasteiger partial charge in [-0.2, -0.15) is 0 Å². The van der Waals surface area contributed by atoms with Gasteiger partial charge in [-0.25, -0.2) is 8.78 Å². The lowest BCUT2D eigenvalue weighted by molar-refractivity contribution is -0.123. The second-order valence-electron chi connectivity index (χ2n) is 7.25. The van der Waals surface area contributed by atoms with Crippen LogP contribution >= 0.6 is 11.3 Å². The van der Waals surface area contributed by atoms with Gasteiger partial charge in [-0.05, 0) is 29.0 Å². The van der Waals surface area contributed by atoms with Crippen LogP contribution in [-0.2, 0) is 17.8 Å². The summed E-state index contributed by atoms with van der Waals surface area (Å²) in [6.07, 6.45) is 0.567. The summed E-state index contributed by atoms with van der Waals surface area (Å²) in [6, 6.07) is 11.4. The van der Waals surface area contributed by atoms with Crippen LogP contribution in [0.15, 0.2) is 41.8 Å². The van der Waals surface area contributed by atoms with E-state index >= 15 is 0 Å². The highest BCUT2D eigenvalue weighted by atomic mass is 32.1.